The number of anilines is 1. The summed E-state index contributed by atoms with van der Waals surface area (Å²) in [6.45, 7) is 6.51. The normalized spacial score (nSPS) is 10.8. The highest BCUT2D eigenvalue weighted by Gasteiger charge is 2.11. The van der Waals surface area contributed by atoms with Gasteiger partial charge in [-0.25, -0.2) is 4.98 Å². The highest BCUT2D eigenvalue weighted by molar-refractivity contribution is 6.34. The number of nitrogens with zero attached hydrogens (tertiary/aromatic N) is 1. The van der Waals surface area contributed by atoms with Gasteiger partial charge in [0.25, 0.3) is 0 Å². The molecule has 0 spiro atoms. The molecule has 0 atom stereocenters. The summed E-state index contributed by atoms with van der Waals surface area (Å²) in [4.78, 5) is 15.6. The lowest BCUT2D eigenvalue weighted by molar-refractivity contribution is -0.116. The van der Waals surface area contributed by atoms with Crippen molar-refractivity contribution in [1.82, 2.24) is 10.3 Å². The molecule has 1 amide bonds. The lowest BCUT2D eigenvalue weighted by atomic mass is 10.2. The van der Waals surface area contributed by atoms with Crippen molar-refractivity contribution in [2.45, 2.75) is 33.2 Å². The van der Waals surface area contributed by atoms with E-state index in [1.807, 2.05) is 20.8 Å². The van der Waals surface area contributed by atoms with Crippen molar-refractivity contribution < 1.29 is 4.79 Å². The number of carbonyl (C=O) groups is 1. The van der Waals surface area contributed by atoms with Gasteiger partial charge in [0, 0.05) is 19.0 Å². The minimum absolute atomic E-state index is 0.0997. The van der Waals surface area contributed by atoms with Gasteiger partial charge in [0.1, 0.15) is 5.15 Å². The van der Waals surface area contributed by atoms with Crippen molar-refractivity contribution in [3.8, 4) is 0 Å². The summed E-state index contributed by atoms with van der Waals surface area (Å²) in [6.07, 6.45) is 0.385. The zero-order valence-corrected chi connectivity index (χ0v) is 12.2. The number of nitrogens with one attached hydrogen (secondary N) is 2. The van der Waals surface area contributed by atoms with Gasteiger partial charge < -0.3 is 10.6 Å². The number of pyridine rings is 1. The third kappa shape index (κ3) is 4.80. The summed E-state index contributed by atoms with van der Waals surface area (Å²) in [5, 5.41) is 6.45. The molecule has 1 aromatic rings. The van der Waals surface area contributed by atoms with Crippen LogP contribution in [0.25, 0.3) is 0 Å². The third-order valence-electron chi connectivity index (χ3n) is 2.31. The van der Waals surface area contributed by atoms with Gasteiger partial charge in [-0.15, -0.1) is 0 Å². The molecule has 0 aliphatic rings. The fourth-order valence-corrected chi connectivity index (χ4v) is 2.00. The molecule has 6 heteroatoms. The Morgan fingerprint density at radius 2 is 2.11 bits per heavy atom. The maximum absolute atomic E-state index is 11.7. The van der Waals surface area contributed by atoms with Crippen LogP contribution >= 0.6 is 23.2 Å². The molecule has 0 aromatic carbocycles. The van der Waals surface area contributed by atoms with E-state index >= 15 is 0 Å². The number of halogens is 2. The van der Waals surface area contributed by atoms with Crippen molar-refractivity contribution in [2.24, 2.45) is 0 Å². The van der Waals surface area contributed by atoms with E-state index in [1.54, 1.807) is 6.07 Å². The van der Waals surface area contributed by atoms with Crippen LogP contribution in [-0.4, -0.2) is 23.5 Å². The molecular weight excluding hydrogens is 273 g/mol. The van der Waals surface area contributed by atoms with E-state index < -0.39 is 0 Å². The van der Waals surface area contributed by atoms with Gasteiger partial charge >= 0.3 is 0 Å². The maximum atomic E-state index is 11.7. The predicted octanol–water partition coefficient (Wildman–Crippen LogP) is 3.02. The second-order valence-electron chi connectivity index (χ2n) is 4.33. The first-order valence-electron chi connectivity index (χ1n) is 5.76. The first kappa shape index (κ1) is 15.2. The highest BCUT2D eigenvalue weighted by Crippen LogP contribution is 2.26. The molecule has 0 bridgehead atoms. The first-order valence-corrected chi connectivity index (χ1v) is 6.51. The molecule has 0 aliphatic heterocycles. The maximum Gasteiger partial charge on any atom is 0.225 e. The van der Waals surface area contributed by atoms with Gasteiger partial charge in [-0.05, 0) is 18.6 Å². The second-order valence-corrected chi connectivity index (χ2v) is 5.08. The lowest BCUT2D eigenvalue weighted by Crippen LogP contribution is -2.27. The SMILES string of the molecule is Cc1cc(Cl)nc(Cl)c1NC(=O)CCNC(C)C. The van der Waals surface area contributed by atoms with E-state index in [0.717, 1.165) is 5.56 Å². The molecule has 18 heavy (non-hydrogen) atoms. The standard InChI is InChI=1S/C12H17Cl2N3O/c1-7(2)15-5-4-10(18)17-11-8(3)6-9(13)16-12(11)14/h6-7,15H,4-5H2,1-3H3,(H,17,18). The van der Waals surface area contributed by atoms with Crippen molar-refractivity contribution in [3.05, 3.63) is 21.9 Å². The van der Waals surface area contributed by atoms with Crippen LogP contribution in [0.5, 0.6) is 0 Å². The van der Waals surface area contributed by atoms with Gasteiger partial charge in [-0.2, -0.15) is 0 Å². The number of aromatic nitrogens is 1. The van der Waals surface area contributed by atoms with Crippen molar-refractivity contribution in [1.29, 1.82) is 0 Å². The Balaban J connectivity index is 2.59. The summed E-state index contributed by atoms with van der Waals surface area (Å²) < 4.78 is 0. The van der Waals surface area contributed by atoms with Crippen LogP contribution in [0, 0.1) is 6.92 Å². The van der Waals surface area contributed by atoms with E-state index in [-0.39, 0.29) is 11.1 Å². The summed E-state index contributed by atoms with van der Waals surface area (Å²) in [7, 11) is 0. The van der Waals surface area contributed by atoms with Gasteiger partial charge in [-0.3, -0.25) is 4.79 Å². The van der Waals surface area contributed by atoms with E-state index in [1.165, 1.54) is 0 Å². The monoisotopic (exact) mass is 289 g/mol. The average Bonchev–Trinajstić information content (AvgIpc) is 2.22. The largest absolute Gasteiger partial charge is 0.323 e. The molecule has 0 radical (unpaired) electrons. The van der Waals surface area contributed by atoms with Crippen LogP contribution in [0.15, 0.2) is 6.07 Å². The molecular formula is C12H17Cl2N3O. The van der Waals surface area contributed by atoms with Crippen LogP contribution < -0.4 is 10.6 Å². The molecule has 0 saturated carbocycles. The van der Waals surface area contributed by atoms with E-state index in [9.17, 15) is 4.79 Å². The Morgan fingerprint density at radius 3 is 2.67 bits per heavy atom. The van der Waals surface area contributed by atoms with Crippen LogP contribution in [0.2, 0.25) is 10.3 Å². The van der Waals surface area contributed by atoms with Crippen LogP contribution in [0.3, 0.4) is 0 Å². The van der Waals surface area contributed by atoms with Crippen LogP contribution in [0.1, 0.15) is 25.8 Å². The second kappa shape index (κ2) is 6.92. The third-order valence-corrected chi connectivity index (χ3v) is 2.78. The number of hydrogen-bond donors (Lipinski definition) is 2. The molecule has 0 unspecified atom stereocenters. The summed E-state index contributed by atoms with van der Waals surface area (Å²) in [5.74, 6) is -0.0997. The summed E-state index contributed by atoms with van der Waals surface area (Å²) >= 11 is 11.7. The topological polar surface area (TPSA) is 54.0 Å². The average molecular weight is 290 g/mol. The van der Waals surface area contributed by atoms with E-state index in [0.29, 0.717) is 29.8 Å². The molecule has 100 valence electrons. The Hall–Kier alpha value is -0.840. The Bertz CT molecular complexity index is 412. The number of hydrogen-bond acceptors (Lipinski definition) is 3. The highest BCUT2D eigenvalue weighted by atomic mass is 35.5. The summed E-state index contributed by atoms with van der Waals surface area (Å²) in [6, 6.07) is 2.02. The van der Waals surface area contributed by atoms with E-state index in [2.05, 4.69) is 15.6 Å². The molecule has 0 aliphatic carbocycles. The zero-order chi connectivity index (χ0) is 13.7. The minimum Gasteiger partial charge on any atom is -0.323 e. The molecule has 1 heterocycles. The van der Waals surface area contributed by atoms with Crippen molar-refractivity contribution in [3.63, 3.8) is 0 Å². The molecule has 4 nitrogen and oxygen atoms in total. The zero-order valence-electron chi connectivity index (χ0n) is 10.7. The summed E-state index contributed by atoms with van der Waals surface area (Å²) in [5.41, 5.74) is 1.32. The number of carbonyl (C=O) groups excluding carboxylic acids is 1. The Morgan fingerprint density at radius 1 is 1.44 bits per heavy atom. The van der Waals surface area contributed by atoms with Gasteiger partial charge in [-0.1, -0.05) is 37.0 Å². The van der Waals surface area contributed by atoms with Crippen LogP contribution in [0.4, 0.5) is 5.69 Å². The molecule has 1 aromatic heterocycles. The van der Waals surface area contributed by atoms with Gasteiger partial charge in [0.15, 0.2) is 5.15 Å². The smallest absolute Gasteiger partial charge is 0.225 e. The van der Waals surface area contributed by atoms with Crippen molar-refractivity contribution in [2.75, 3.05) is 11.9 Å². The predicted molar refractivity (Wildman–Crippen MR) is 75.4 cm³/mol. The number of aryl methyl sites for hydroxylation is 1. The molecule has 2 N–H and O–H groups in total. The Labute approximate surface area is 117 Å². The van der Waals surface area contributed by atoms with Gasteiger partial charge in [0.2, 0.25) is 5.91 Å². The van der Waals surface area contributed by atoms with Gasteiger partial charge in [0.05, 0.1) is 5.69 Å². The quantitative estimate of drug-likeness (QED) is 0.820. The lowest BCUT2D eigenvalue weighted by Gasteiger charge is -2.11. The first-order chi connectivity index (χ1) is 8.40. The molecule has 0 saturated heterocycles. The van der Waals surface area contributed by atoms with Crippen molar-refractivity contribution >= 4 is 34.8 Å². The number of rotatable bonds is 5. The van der Waals surface area contributed by atoms with Crippen LogP contribution in [-0.2, 0) is 4.79 Å². The number of amides is 1. The molecule has 0 fully saturated rings. The molecule has 1 rings (SSSR count). The fraction of sp³-hybridized carbons (Fsp3) is 0.500. The fourth-order valence-electron chi connectivity index (χ4n) is 1.42. The Kier molecular flexibility index (Phi) is 5.85. The minimum atomic E-state index is -0.0997. The van der Waals surface area contributed by atoms with E-state index in [4.69, 9.17) is 23.2 Å².